The van der Waals surface area contributed by atoms with Crippen LogP contribution in [0.3, 0.4) is 0 Å². The number of nitrogens with zero attached hydrogens (tertiary/aromatic N) is 2. The van der Waals surface area contributed by atoms with Gasteiger partial charge in [-0.2, -0.15) is 0 Å². The van der Waals surface area contributed by atoms with Crippen molar-refractivity contribution >= 4 is 39.1 Å². The third-order valence-corrected chi connectivity index (χ3v) is 8.13. The topological polar surface area (TPSA) is 105 Å². The molecule has 3 aromatic carbocycles. The molecule has 1 N–H and O–H groups in total. The highest BCUT2D eigenvalue weighted by atomic mass is 35.5. The minimum atomic E-state index is -4.20. The van der Waals surface area contributed by atoms with Gasteiger partial charge in [-0.05, 0) is 42.8 Å². The number of rotatable bonds is 11. The van der Waals surface area contributed by atoms with E-state index in [0.717, 1.165) is 4.31 Å². The maximum atomic E-state index is 13.8. The summed E-state index contributed by atoms with van der Waals surface area (Å²) in [6.07, 6.45) is 0. The number of carbonyl (C=O) groups is 2. The van der Waals surface area contributed by atoms with Crippen LogP contribution in [0.5, 0.6) is 11.5 Å². The van der Waals surface area contributed by atoms with E-state index in [9.17, 15) is 18.0 Å². The molecule has 0 spiro atoms. The quantitative estimate of drug-likeness (QED) is 0.384. The number of benzene rings is 3. The summed E-state index contributed by atoms with van der Waals surface area (Å²) >= 11 is 6.34. The molecule has 202 valence electrons. The highest BCUT2D eigenvalue weighted by Crippen LogP contribution is 2.34. The lowest BCUT2D eigenvalue weighted by Crippen LogP contribution is -2.50. The molecule has 3 aromatic rings. The van der Waals surface area contributed by atoms with Crippen LogP contribution in [0.1, 0.15) is 12.5 Å². The van der Waals surface area contributed by atoms with Crippen molar-refractivity contribution in [3.63, 3.8) is 0 Å². The second-order valence-corrected chi connectivity index (χ2v) is 10.5. The van der Waals surface area contributed by atoms with Gasteiger partial charge in [0.1, 0.15) is 12.6 Å². The molecule has 0 heterocycles. The Morgan fingerprint density at radius 2 is 1.58 bits per heavy atom. The van der Waals surface area contributed by atoms with E-state index in [1.165, 1.54) is 50.4 Å². The number of sulfonamides is 1. The van der Waals surface area contributed by atoms with Gasteiger partial charge in [-0.3, -0.25) is 13.9 Å². The van der Waals surface area contributed by atoms with Crippen LogP contribution in [0.2, 0.25) is 5.02 Å². The first-order valence-corrected chi connectivity index (χ1v) is 13.5. The summed E-state index contributed by atoms with van der Waals surface area (Å²) in [5.41, 5.74) is 0.798. The van der Waals surface area contributed by atoms with Gasteiger partial charge in [0, 0.05) is 24.7 Å². The Balaban J connectivity index is 2.09. The number of likely N-dealkylation sites (N-methyl/N-ethyl adjacent to an activating group) is 1. The summed E-state index contributed by atoms with van der Waals surface area (Å²) in [5, 5.41) is 2.96. The minimum absolute atomic E-state index is 0.000381. The Morgan fingerprint density at radius 1 is 0.947 bits per heavy atom. The largest absolute Gasteiger partial charge is 0.493 e. The van der Waals surface area contributed by atoms with Crippen LogP contribution in [0.25, 0.3) is 0 Å². The van der Waals surface area contributed by atoms with Crippen LogP contribution in [0.15, 0.2) is 77.7 Å². The van der Waals surface area contributed by atoms with Gasteiger partial charge >= 0.3 is 0 Å². The van der Waals surface area contributed by atoms with Crippen molar-refractivity contribution in [1.82, 2.24) is 10.2 Å². The number of ether oxygens (including phenoxy) is 2. The van der Waals surface area contributed by atoms with Crippen LogP contribution in [0, 0.1) is 0 Å². The van der Waals surface area contributed by atoms with Crippen molar-refractivity contribution in [3.05, 3.63) is 83.4 Å². The molecule has 3 rings (SSSR count). The molecule has 0 saturated carbocycles. The van der Waals surface area contributed by atoms with Crippen LogP contribution in [-0.2, 0) is 26.2 Å². The Hall–Kier alpha value is -3.76. The van der Waals surface area contributed by atoms with E-state index in [2.05, 4.69) is 5.32 Å². The third kappa shape index (κ3) is 6.38. The number of hydrogen-bond acceptors (Lipinski definition) is 6. The minimum Gasteiger partial charge on any atom is -0.493 e. The Bertz CT molecular complexity index is 1380. The maximum Gasteiger partial charge on any atom is 0.264 e. The lowest BCUT2D eigenvalue weighted by atomic mass is 10.1. The predicted molar refractivity (Wildman–Crippen MR) is 146 cm³/mol. The highest BCUT2D eigenvalue weighted by Gasteiger charge is 2.33. The van der Waals surface area contributed by atoms with Gasteiger partial charge in [-0.25, -0.2) is 8.42 Å². The number of nitrogens with one attached hydrogen (secondary N) is 1. The van der Waals surface area contributed by atoms with E-state index in [4.69, 9.17) is 21.1 Å². The molecular formula is C27H30ClN3O6S. The van der Waals surface area contributed by atoms with Crippen molar-refractivity contribution in [2.45, 2.75) is 24.4 Å². The molecule has 0 aliphatic heterocycles. The monoisotopic (exact) mass is 559 g/mol. The molecule has 38 heavy (non-hydrogen) atoms. The van der Waals surface area contributed by atoms with E-state index in [0.29, 0.717) is 16.3 Å². The zero-order valence-electron chi connectivity index (χ0n) is 21.5. The van der Waals surface area contributed by atoms with Gasteiger partial charge in [0.05, 0.1) is 24.8 Å². The van der Waals surface area contributed by atoms with E-state index >= 15 is 0 Å². The molecule has 0 aliphatic rings. The second-order valence-electron chi connectivity index (χ2n) is 8.27. The number of carbonyl (C=O) groups excluding carboxylic acids is 2. The fraction of sp³-hybridized carbons (Fsp3) is 0.259. The molecule has 0 unspecified atom stereocenters. The van der Waals surface area contributed by atoms with Gasteiger partial charge in [-0.1, -0.05) is 48.0 Å². The summed E-state index contributed by atoms with van der Waals surface area (Å²) in [6.45, 7) is 0.983. The molecule has 0 saturated heterocycles. The smallest absolute Gasteiger partial charge is 0.264 e. The van der Waals surface area contributed by atoms with Crippen LogP contribution in [-0.4, -0.2) is 59.0 Å². The first-order chi connectivity index (χ1) is 18.1. The second kappa shape index (κ2) is 12.7. The Morgan fingerprint density at radius 3 is 2.18 bits per heavy atom. The summed E-state index contributed by atoms with van der Waals surface area (Å²) in [7, 11) is 0.162. The number of halogens is 1. The van der Waals surface area contributed by atoms with Crippen molar-refractivity contribution in [1.29, 1.82) is 0 Å². The number of amides is 2. The molecule has 11 heteroatoms. The molecule has 0 aromatic heterocycles. The lowest BCUT2D eigenvalue weighted by Gasteiger charge is -2.32. The zero-order valence-corrected chi connectivity index (χ0v) is 23.1. The normalized spacial score (nSPS) is 11.8. The van der Waals surface area contributed by atoms with Crippen molar-refractivity contribution in [2.75, 3.05) is 32.1 Å². The van der Waals surface area contributed by atoms with Crippen molar-refractivity contribution in [3.8, 4) is 11.5 Å². The van der Waals surface area contributed by atoms with Gasteiger partial charge in [0.25, 0.3) is 10.0 Å². The molecule has 0 bridgehead atoms. The average molecular weight is 560 g/mol. The fourth-order valence-corrected chi connectivity index (χ4v) is 5.45. The van der Waals surface area contributed by atoms with Crippen molar-refractivity contribution in [2.24, 2.45) is 0 Å². The highest BCUT2D eigenvalue weighted by molar-refractivity contribution is 7.92. The van der Waals surface area contributed by atoms with E-state index in [-0.39, 0.29) is 22.9 Å². The van der Waals surface area contributed by atoms with Gasteiger partial charge in [-0.15, -0.1) is 0 Å². The van der Waals surface area contributed by atoms with E-state index in [1.807, 2.05) is 0 Å². The Kier molecular flexibility index (Phi) is 9.60. The van der Waals surface area contributed by atoms with Gasteiger partial charge < -0.3 is 19.7 Å². The van der Waals surface area contributed by atoms with Crippen molar-refractivity contribution < 1.29 is 27.5 Å². The number of anilines is 1. The summed E-state index contributed by atoms with van der Waals surface area (Å²) in [6, 6.07) is 18.4. The SMILES string of the molecule is CNC(=O)[C@H](C)N(Cc1ccccc1Cl)C(=O)CN(c1ccc(OC)c(OC)c1)S(=O)(=O)c1ccccc1. The van der Waals surface area contributed by atoms with Gasteiger partial charge in [0.15, 0.2) is 11.5 Å². The van der Waals surface area contributed by atoms with E-state index in [1.54, 1.807) is 55.5 Å². The predicted octanol–water partition coefficient (Wildman–Crippen LogP) is 3.72. The van der Waals surface area contributed by atoms with Crippen LogP contribution < -0.4 is 19.1 Å². The average Bonchev–Trinajstić information content (AvgIpc) is 2.94. The number of hydrogen-bond donors (Lipinski definition) is 1. The fourth-order valence-electron chi connectivity index (χ4n) is 3.83. The molecule has 1 atom stereocenters. The van der Waals surface area contributed by atoms with E-state index < -0.39 is 34.4 Å². The molecule has 0 aliphatic carbocycles. The standard InChI is InChI=1S/C27H30ClN3O6S/c1-19(27(33)29-2)30(17-20-10-8-9-13-23(20)28)26(32)18-31(38(34,35)22-11-6-5-7-12-22)21-14-15-24(36-3)25(16-21)37-4/h5-16,19H,17-18H2,1-4H3,(H,29,33)/t19-/m0/s1. The molecule has 0 fully saturated rings. The molecular weight excluding hydrogens is 530 g/mol. The first kappa shape index (κ1) is 28.8. The van der Waals surface area contributed by atoms with Crippen LogP contribution in [0.4, 0.5) is 5.69 Å². The Labute approximate surface area is 228 Å². The number of methoxy groups -OCH3 is 2. The lowest BCUT2D eigenvalue weighted by molar-refractivity contribution is -0.139. The zero-order chi connectivity index (χ0) is 27.9. The molecule has 2 amide bonds. The first-order valence-electron chi connectivity index (χ1n) is 11.7. The molecule has 0 radical (unpaired) electrons. The summed E-state index contributed by atoms with van der Waals surface area (Å²) in [5.74, 6) is -0.324. The molecule has 9 nitrogen and oxygen atoms in total. The summed E-state index contributed by atoms with van der Waals surface area (Å²) < 4.78 is 39.2. The summed E-state index contributed by atoms with van der Waals surface area (Å²) in [4.78, 5) is 27.7. The van der Waals surface area contributed by atoms with Gasteiger partial charge in [0.2, 0.25) is 11.8 Å². The van der Waals surface area contributed by atoms with Crippen LogP contribution >= 0.6 is 11.6 Å². The maximum absolute atomic E-state index is 13.8. The third-order valence-electron chi connectivity index (χ3n) is 5.98.